The van der Waals surface area contributed by atoms with Gasteiger partial charge in [0, 0.05) is 16.8 Å². The number of rotatable bonds is 0. The monoisotopic (exact) mass is 371 g/mol. The maximum atomic E-state index is 12.9. The number of pyridine rings is 1. The van der Waals surface area contributed by atoms with Crippen LogP contribution >= 0.6 is 0 Å². The van der Waals surface area contributed by atoms with Crippen molar-refractivity contribution in [2.24, 2.45) is 0 Å². The minimum Gasteiger partial charge on any atom is -0.448 e. The average Bonchev–Trinajstić information content (AvgIpc) is 3.08. The summed E-state index contributed by atoms with van der Waals surface area (Å²) in [5, 5.41) is 2.30. The van der Waals surface area contributed by atoms with Gasteiger partial charge in [-0.15, -0.1) is 0 Å². The van der Waals surface area contributed by atoms with Crippen molar-refractivity contribution in [2.45, 2.75) is 0 Å². The van der Waals surface area contributed by atoms with Gasteiger partial charge in [-0.05, 0) is 24.3 Å². The first-order valence-electron chi connectivity index (χ1n) is 8.49. The summed E-state index contributed by atoms with van der Waals surface area (Å²) in [6.07, 6.45) is 0. The van der Waals surface area contributed by atoms with Gasteiger partial charge in [-0.1, -0.05) is 18.2 Å². The third-order valence-corrected chi connectivity index (χ3v) is 4.96. The number of hydrogen-bond donors (Lipinski definition) is 1. The lowest BCUT2D eigenvalue weighted by molar-refractivity contribution is 0.546. The second-order valence-electron chi connectivity index (χ2n) is 6.50. The van der Waals surface area contributed by atoms with E-state index in [1.165, 1.54) is 6.07 Å². The fraction of sp³-hybridized carbons (Fsp3) is 0. The van der Waals surface area contributed by atoms with Crippen molar-refractivity contribution in [3.05, 3.63) is 79.7 Å². The molecule has 0 aliphatic carbocycles. The molecule has 0 aliphatic rings. The third-order valence-electron chi connectivity index (χ3n) is 4.96. The van der Waals surface area contributed by atoms with Crippen molar-refractivity contribution in [1.82, 2.24) is 4.98 Å². The van der Waals surface area contributed by atoms with Crippen LogP contribution in [-0.2, 0) is 0 Å². The number of aromatic amines is 1. The Hall–Kier alpha value is -4.13. The highest BCUT2D eigenvalue weighted by Crippen LogP contribution is 2.35. The van der Waals surface area contributed by atoms with Crippen molar-refractivity contribution >= 4 is 54.8 Å². The highest BCUT2D eigenvalue weighted by Gasteiger charge is 2.21. The first-order valence-corrected chi connectivity index (χ1v) is 8.49. The van der Waals surface area contributed by atoms with E-state index in [1.54, 1.807) is 42.5 Å². The molecular formula is C21H9NO6. The molecule has 0 fully saturated rings. The van der Waals surface area contributed by atoms with Crippen molar-refractivity contribution in [1.29, 1.82) is 0 Å². The Morgan fingerprint density at radius 1 is 0.643 bits per heavy atom. The molecule has 0 spiro atoms. The normalized spacial score (nSPS) is 12.0. The lowest BCUT2D eigenvalue weighted by Crippen LogP contribution is -2.10. The van der Waals surface area contributed by atoms with E-state index in [2.05, 4.69) is 4.98 Å². The summed E-state index contributed by atoms with van der Waals surface area (Å²) in [6, 6.07) is 13.2. The molecule has 0 saturated carbocycles. The van der Waals surface area contributed by atoms with Crippen LogP contribution < -0.4 is 16.8 Å². The van der Waals surface area contributed by atoms with Gasteiger partial charge in [-0.3, -0.25) is 4.79 Å². The van der Waals surface area contributed by atoms with Gasteiger partial charge in [0.2, 0.25) is 5.58 Å². The smallest absolute Gasteiger partial charge is 0.380 e. The standard InChI is InChI=1S/C21H9NO6/c23-14-8-5-10-13(26-14)7-6-11-15(10)18-17(20(24)22-11)16-9-3-1-2-4-12(9)27-19(16)21(25)28-18/h1-8H,(H,22,24). The van der Waals surface area contributed by atoms with E-state index in [-0.39, 0.29) is 16.6 Å². The maximum absolute atomic E-state index is 12.9. The second-order valence-corrected chi connectivity index (χ2v) is 6.50. The molecule has 0 atom stereocenters. The molecule has 0 amide bonds. The lowest BCUT2D eigenvalue weighted by Gasteiger charge is -2.06. The summed E-state index contributed by atoms with van der Waals surface area (Å²) in [5.41, 5.74) is -0.180. The van der Waals surface area contributed by atoms with Gasteiger partial charge in [0.05, 0.1) is 21.7 Å². The molecule has 0 unspecified atom stereocenters. The topological polar surface area (TPSA) is 106 Å². The Balaban J connectivity index is 2.02. The molecule has 2 aromatic carbocycles. The summed E-state index contributed by atoms with van der Waals surface area (Å²) in [5.74, 6) is 0. The summed E-state index contributed by atoms with van der Waals surface area (Å²) < 4.78 is 16.4. The number of aromatic nitrogens is 1. The number of furan rings is 1. The van der Waals surface area contributed by atoms with E-state index in [0.29, 0.717) is 38.2 Å². The molecule has 7 nitrogen and oxygen atoms in total. The first-order chi connectivity index (χ1) is 13.6. The zero-order valence-corrected chi connectivity index (χ0v) is 14.1. The van der Waals surface area contributed by atoms with Crippen LogP contribution in [0.25, 0.3) is 54.8 Å². The Morgan fingerprint density at radius 2 is 1.43 bits per heavy atom. The molecule has 7 heteroatoms. The summed E-state index contributed by atoms with van der Waals surface area (Å²) in [4.78, 5) is 40.0. The molecule has 134 valence electrons. The van der Waals surface area contributed by atoms with E-state index < -0.39 is 16.8 Å². The summed E-state index contributed by atoms with van der Waals surface area (Å²) in [7, 11) is 0. The molecule has 4 heterocycles. The number of para-hydroxylation sites is 1. The molecule has 28 heavy (non-hydrogen) atoms. The number of fused-ring (bicyclic) bond motifs is 9. The van der Waals surface area contributed by atoms with Crippen LogP contribution in [0.1, 0.15) is 0 Å². The van der Waals surface area contributed by atoms with Gasteiger partial charge in [0.1, 0.15) is 11.2 Å². The molecule has 0 bridgehead atoms. The zero-order chi connectivity index (χ0) is 19.0. The van der Waals surface area contributed by atoms with Crippen LogP contribution in [0.15, 0.2) is 76.2 Å². The summed E-state index contributed by atoms with van der Waals surface area (Å²) >= 11 is 0. The van der Waals surface area contributed by atoms with E-state index in [1.807, 2.05) is 0 Å². The highest BCUT2D eigenvalue weighted by atomic mass is 16.4. The van der Waals surface area contributed by atoms with Crippen LogP contribution in [0.2, 0.25) is 0 Å². The van der Waals surface area contributed by atoms with Crippen LogP contribution in [0.4, 0.5) is 0 Å². The molecule has 4 aromatic heterocycles. The summed E-state index contributed by atoms with van der Waals surface area (Å²) in [6.45, 7) is 0. The lowest BCUT2D eigenvalue weighted by atomic mass is 10.0. The fourth-order valence-corrected chi connectivity index (χ4v) is 3.82. The zero-order valence-electron chi connectivity index (χ0n) is 14.1. The number of nitrogens with one attached hydrogen (secondary N) is 1. The molecular weight excluding hydrogens is 362 g/mol. The Labute approximate surface area is 153 Å². The molecule has 6 rings (SSSR count). The Morgan fingerprint density at radius 3 is 2.32 bits per heavy atom. The highest BCUT2D eigenvalue weighted by molar-refractivity contribution is 6.24. The van der Waals surface area contributed by atoms with Crippen molar-refractivity contribution in [3.63, 3.8) is 0 Å². The van der Waals surface area contributed by atoms with Crippen LogP contribution in [0.5, 0.6) is 0 Å². The van der Waals surface area contributed by atoms with Crippen molar-refractivity contribution in [2.75, 3.05) is 0 Å². The Kier molecular flexibility index (Phi) is 2.66. The average molecular weight is 371 g/mol. The van der Waals surface area contributed by atoms with Gasteiger partial charge in [-0.25, -0.2) is 9.59 Å². The van der Waals surface area contributed by atoms with E-state index in [0.717, 1.165) is 0 Å². The van der Waals surface area contributed by atoms with Gasteiger partial charge in [0.25, 0.3) is 5.56 Å². The largest absolute Gasteiger partial charge is 0.448 e. The predicted molar refractivity (Wildman–Crippen MR) is 104 cm³/mol. The minimum absolute atomic E-state index is 0.00896. The van der Waals surface area contributed by atoms with E-state index >= 15 is 0 Å². The van der Waals surface area contributed by atoms with Gasteiger partial charge >= 0.3 is 11.3 Å². The minimum atomic E-state index is -0.681. The molecule has 0 saturated heterocycles. The predicted octanol–water partition coefficient (Wildman–Crippen LogP) is 3.64. The SMILES string of the molecule is O=c1ccc2c(ccc3[nH]c(=O)c4c(oc(=O)c5oc6ccccc6c54)c32)o1. The van der Waals surface area contributed by atoms with Crippen LogP contribution in [0, 0.1) is 0 Å². The van der Waals surface area contributed by atoms with Crippen LogP contribution in [0.3, 0.4) is 0 Å². The molecule has 0 radical (unpaired) electrons. The van der Waals surface area contributed by atoms with E-state index in [4.69, 9.17) is 13.3 Å². The second kappa shape index (κ2) is 4.98. The number of benzene rings is 2. The maximum Gasteiger partial charge on any atom is 0.380 e. The third kappa shape index (κ3) is 1.79. The number of H-pyrrole nitrogens is 1. The quantitative estimate of drug-likeness (QED) is 0.323. The Bertz CT molecular complexity index is 1780. The first kappa shape index (κ1) is 15.0. The molecule has 6 aromatic rings. The van der Waals surface area contributed by atoms with Gasteiger partial charge < -0.3 is 18.2 Å². The molecule has 0 aliphatic heterocycles. The molecule has 1 N–H and O–H groups in total. The van der Waals surface area contributed by atoms with Crippen molar-refractivity contribution in [3.8, 4) is 0 Å². The van der Waals surface area contributed by atoms with Gasteiger partial charge in [-0.2, -0.15) is 0 Å². The number of hydrogen-bond acceptors (Lipinski definition) is 6. The van der Waals surface area contributed by atoms with Crippen molar-refractivity contribution < 1.29 is 13.3 Å². The van der Waals surface area contributed by atoms with E-state index in [9.17, 15) is 14.4 Å². The fourth-order valence-electron chi connectivity index (χ4n) is 3.82. The van der Waals surface area contributed by atoms with Crippen LogP contribution in [-0.4, -0.2) is 4.98 Å². The van der Waals surface area contributed by atoms with Gasteiger partial charge in [0.15, 0.2) is 5.58 Å².